The van der Waals surface area contributed by atoms with Crippen LogP contribution in [-0.4, -0.2) is 0 Å². The number of ether oxygens (including phenoxy) is 1. The summed E-state index contributed by atoms with van der Waals surface area (Å²) in [5, 5.41) is 10.3. The molecule has 1 aliphatic carbocycles. The molecule has 2 N–H and O–H groups in total. The SMILES string of the molecule is N#CC1=C(N)Oc2c(c(=O)oc3ccccc23)[C@@H]1[C@@H]1CC=CCC1. The highest BCUT2D eigenvalue weighted by Crippen LogP contribution is 2.46. The topological polar surface area (TPSA) is 89.3 Å². The van der Waals surface area contributed by atoms with Crippen LogP contribution in [0.5, 0.6) is 5.75 Å². The van der Waals surface area contributed by atoms with Crippen LogP contribution in [0.3, 0.4) is 0 Å². The highest BCUT2D eigenvalue weighted by Gasteiger charge is 2.38. The van der Waals surface area contributed by atoms with Crippen molar-refractivity contribution in [3.8, 4) is 11.8 Å². The maximum atomic E-state index is 12.7. The zero-order valence-corrected chi connectivity index (χ0v) is 13.0. The largest absolute Gasteiger partial charge is 0.439 e. The molecule has 2 aromatic rings. The average molecular weight is 320 g/mol. The van der Waals surface area contributed by atoms with Gasteiger partial charge >= 0.3 is 5.63 Å². The van der Waals surface area contributed by atoms with Gasteiger partial charge in [0.25, 0.3) is 0 Å². The second-order valence-corrected chi connectivity index (χ2v) is 6.14. The van der Waals surface area contributed by atoms with Gasteiger partial charge in [-0.3, -0.25) is 0 Å². The summed E-state index contributed by atoms with van der Waals surface area (Å²) < 4.78 is 11.2. The van der Waals surface area contributed by atoms with Crippen molar-refractivity contribution in [2.24, 2.45) is 11.7 Å². The lowest BCUT2D eigenvalue weighted by molar-refractivity contribution is 0.339. The summed E-state index contributed by atoms with van der Waals surface area (Å²) in [5.74, 6) is 0.262. The van der Waals surface area contributed by atoms with Crippen molar-refractivity contribution < 1.29 is 9.15 Å². The lowest BCUT2D eigenvalue weighted by Gasteiger charge is -2.32. The van der Waals surface area contributed by atoms with Crippen molar-refractivity contribution in [1.29, 1.82) is 5.26 Å². The fraction of sp³-hybridized carbons (Fsp3) is 0.263. The third kappa shape index (κ3) is 2.11. The summed E-state index contributed by atoms with van der Waals surface area (Å²) in [6.07, 6.45) is 6.84. The summed E-state index contributed by atoms with van der Waals surface area (Å²) in [4.78, 5) is 12.7. The van der Waals surface area contributed by atoms with E-state index in [0.29, 0.717) is 27.9 Å². The highest BCUT2D eigenvalue weighted by atomic mass is 16.5. The van der Waals surface area contributed by atoms with Crippen LogP contribution in [0.1, 0.15) is 30.7 Å². The third-order valence-corrected chi connectivity index (χ3v) is 4.80. The molecule has 1 aromatic heterocycles. The standard InChI is InChI=1S/C19H16N2O3/c20-10-13-15(11-6-2-1-3-7-11)16-17(24-18(13)21)12-8-4-5-9-14(12)23-19(16)22/h1-2,4-5,8-9,11,15H,3,6-7,21H2/t11-,15-/m1/s1. The quantitative estimate of drug-likeness (QED) is 0.643. The minimum atomic E-state index is -0.455. The van der Waals surface area contributed by atoms with Crippen molar-refractivity contribution in [2.45, 2.75) is 25.2 Å². The van der Waals surface area contributed by atoms with Crippen LogP contribution in [0.15, 0.2) is 57.1 Å². The summed E-state index contributed by atoms with van der Waals surface area (Å²) in [5.41, 5.74) is 6.77. The van der Waals surface area contributed by atoms with Gasteiger partial charge < -0.3 is 14.9 Å². The number of fused-ring (bicyclic) bond motifs is 3. The zero-order valence-electron chi connectivity index (χ0n) is 13.0. The van der Waals surface area contributed by atoms with E-state index in [9.17, 15) is 10.1 Å². The number of allylic oxidation sites excluding steroid dienone is 3. The Balaban J connectivity index is 2.00. The number of para-hydroxylation sites is 1. The van der Waals surface area contributed by atoms with Crippen LogP contribution in [0.2, 0.25) is 0 Å². The molecule has 0 saturated carbocycles. The van der Waals surface area contributed by atoms with Gasteiger partial charge in [0.05, 0.1) is 16.5 Å². The number of rotatable bonds is 1. The molecule has 120 valence electrons. The molecule has 0 unspecified atom stereocenters. The fourth-order valence-corrected chi connectivity index (χ4v) is 3.69. The van der Waals surface area contributed by atoms with E-state index in [1.165, 1.54) is 0 Å². The van der Waals surface area contributed by atoms with E-state index in [0.717, 1.165) is 19.3 Å². The molecule has 0 amide bonds. The number of benzene rings is 1. The number of nitriles is 1. The number of hydrogen-bond acceptors (Lipinski definition) is 5. The molecule has 1 aliphatic heterocycles. The monoisotopic (exact) mass is 320 g/mol. The molecule has 2 heterocycles. The van der Waals surface area contributed by atoms with E-state index in [4.69, 9.17) is 14.9 Å². The van der Waals surface area contributed by atoms with Gasteiger partial charge in [-0.25, -0.2) is 4.79 Å². The molecule has 0 saturated heterocycles. The predicted octanol–water partition coefficient (Wildman–Crippen LogP) is 3.32. The van der Waals surface area contributed by atoms with E-state index in [1.807, 2.05) is 12.1 Å². The molecule has 4 rings (SSSR count). The molecule has 0 fully saturated rings. The Morgan fingerprint density at radius 1 is 1.25 bits per heavy atom. The van der Waals surface area contributed by atoms with E-state index in [-0.39, 0.29) is 17.7 Å². The summed E-state index contributed by atoms with van der Waals surface area (Å²) >= 11 is 0. The fourth-order valence-electron chi connectivity index (χ4n) is 3.69. The van der Waals surface area contributed by atoms with Crippen LogP contribution >= 0.6 is 0 Å². The van der Waals surface area contributed by atoms with Crippen LogP contribution in [-0.2, 0) is 0 Å². The van der Waals surface area contributed by atoms with Gasteiger partial charge in [-0.05, 0) is 37.3 Å². The molecule has 1 aromatic carbocycles. The molecule has 24 heavy (non-hydrogen) atoms. The van der Waals surface area contributed by atoms with E-state index >= 15 is 0 Å². The van der Waals surface area contributed by atoms with Crippen LogP contribution in [0, 0.1) is 17.2 Å². The first-order valence-corrected chi connectivity index (χ1v) is 7.99. The van der Waals surface area contributed by atoms with Gasteiger partial charge in [0, 0.05) is 5.92 Å². The zero-order chi connectivity index (χ0) is 16.7. The third-order valence-electron chi connectivity index (χ3n) is 4.80. The Labute approximate surface area is 138 Å². The van der Waals surface area contributed by atoms with E-state index in [1.54, 1.807) is 12.1 Å². The van der Waals surface area contributed by atoms with Gasteiger partial charge in [-0.1, -0.05) is 24.3 Å². The van der Waals surface area contributed by atoms with Crippen molar-refractivity contribution in [3.63, 3.8) is 0 Å². The highest BCUT2D eigenvalue weighted by molar-refractivity contribution is 5.85. The second-order valence-electron chi connectivity index (χ2n) is 6.14. The van der Waals surface area contributed by atoms with Gasteiger partial charge in [0.2, 0.25) is 5.88 Å². The Morgan fingerprint density at radius 3 is 2.83 bits per heavy atom. The molecule has 5 heteroatoms. The van der Waals surface area contributed by atoms with Crippen LogP contribution in [0.25, 0.3) is 11.0 Å². The summed E-state index contributed by atoms with van der Waals surface area (Å²) in [6, 6.07) is 9.34. The number of nitrogens with zero attached hydrogens (tertiary/aromatic N) is 1. The minimum absolute atomic E-state index is 0.0836. The second kappa shape index (κ2) is 5.57. The lowest BCUT2D eigenvalue weighted by atomic mass is 9.74. The molecule has 2 atom stereocenters. The first-order chi connectivity index (χ1) is 11.7. The Morgan fingerprint density at radius 2 is 2.08 bits per heavy atom. The Bertz CT molecular complexity index is 978. The van der Waals surface area contributed by atoms with E-state index < -0.39 is 5.63 Å². The number of nitrogens with two attached hydrogens (primary N) is 1. The smallest absolute Gasteiger partial charge is 0.343 e. The van der Waals surface area contributed by atoms with Crippen molar-refractivity contribution in [3.05, 3.63) is 63.9 Å². The van der Waals surface area contributed by atoms with Gasteiger partial charge in [0.15, 0.2) is 5.75 Å². The Hall–Kier alpha value is -3.00. The summed E-state index contributed by atoms with van der Waals surface area (Å²) in [6.45, 7) is 0. The predicted molar refractivity (Wildman–Crippen MR) is 89.2 cm³/mol. The van der Waals surface area contributed by atoms with Gasteiger partial charge in [-0.2, -0.15) is 5.26 Å². The van der Waals surface area contributed by atoms with Gasteiger partial charge in [-0.15, -0.1) is 0 Å². The molecule has 5 nitrogen and oxygen atoms in total. The molecule has 0 bridgehead atoms. The normalized spacial score (nSPS) is 22.8. The maximum absolute atomic E-state index is 12.7. The molecular weight excluding hydrogens is 304 g/mol. The molecule has 0 spiro atoms. The molecule has 2 aliphatic rings. The van der Waals surface area contributed by atoms with Crippen molar-refractivity contribution >= 4 is 11.0 Å². The van der Waals surface area contributed by atoms with Gasteiger partial charge in [0.1, 0.15) is 11.7 Å². The minimum Gasteiger partial charge on any atom is -0.439 e. The first kappa shape index (κ1) is 14.6. The molecule has 0 radical (unpaired) electrons. The average Bonchev–Trinajstić information content (AvgIpc) is 2.61. The van der Waals surface area contributed by atoms with Crippen molar-refractivity contribution in [1.82, 2.24) is 0 Å². The first-order valence-electron chi connectivity index (χ1n) is 7.99. The van der Waals surface area contributed by atoms with Crippen LogP contribution in [0.4, 0.5) is 0 Å². The summed E-state index contributed by atoms with van der Waals surface area (Å²) in [7, 11) is 0. The lowest BCUT2D eigenvalue weighted by Crippen LogP contribution is -2.30. The molecular formula is C19H16N2O3. The number of hydrogen-bond donors (Lipinski definition) is 1. The van der Waals surface area contributed by atoms with E-state index in [2.05, 4.69) is 18.2 Å². The maximum Gasteiger partial charge on any atom is 0.343 e. The van der Waals surface area contributed by atoms with Crippen molar-refractivity contribution in [2.75, 3.05) is 0 Å². The Kier molecular flexibility index (Phi) is 3.39. The van der Waals surface area contributed by atoms with Crippen LogP contribution < -0.4 is 16.1 Å².